The Hall–Kier alpha value is -2.41. The molecule has 0 radical (unpaired) electrons. The van der Waals surface area contributed by atoms with Crippen molar-refractivity contribution in [1.29, 1.82) is 0 Å². The molecule has 3 N–H and O–H groups in total. The average molecular weight is 373 g/mol. The number of nitrogens with one attached hydrogen (secondary N) is 3. The molecule has 7 heteroatoms. The molecule has 3 rings (SSSR count). The van der Waals surface area contributed by atoms with Crippen molar-refractivity contribution >= 4 is 29.1 Å². The van der Waals surface area contributed by atoms with Crippen molar-refractivity contribution in [2.24, 2.45) is 0 Å². The Morgan fingerprint density at radius 1 is 1.12 bits per heavy atom. The third kappa shape index (κ3) is 4.04. The molecule has 2 unspecified atom stereocenters. The van der Waals surface area contributed by atoms with Gasteiger partial charge in [-0.25, -0.2) is 10.9 Å². The van der Waals surface area contributed by atoms with Gasteiger partial charge in [-0.2, -0.15) is 0 Å². The summed E-state index contributed by atoms with van der Waals surface area (Å²) < 4.78 is 0. The molecule has 2 aromatic carbocycles. The normalized spacial score (nSPS) is 19.2. The van der Waals surface area contributed by atoms with Gasteiger partial charge >= 0.3 is 0 Å². The van der Waals surface area contributed by atoms with Crippen LogP contribution in [0.4, 0.5) is 5.69 Å². The maximum atomic E-state index is 12.6. The molecule has 0 aromatic heterocycles. The van der Waals surface area contributed by atoms with Gasteiger partial charge in [0.25, 0.3) is 5.91 Å². The molecule has 1 fully saturated rings. The standard InChI is InChI=1S/C19H21ClN4O2/c1-24(2)19(26)14-8-3-4-9-15(14)21-18(25)17-11-16(22-23-17)12-6-5-7-13(20)10-12/h3-10,16-17,22-23H,11H2,1-2H3,(H,21,25). The fraction of sp³-hybridized carbons (Fsp3) is 0.263. The topological polar surface area (TPSA) is 73.5 Å². The predicted octanol–water partition coefficient (Wildman–Crippen LogP) is 2.59. The van der Waals surface area contributed by atoms with Crippen LogP contribution in [0.3, 0.4) is 0 Å². The summed E-state index contributed by atoms with van der Waals surface area (Å²) in [5.41, 5.74) is 8.13. The zero-order chi connectivity index (χ0) is 18.7. The molecule has 2 aromatic rings. The van der Waals surface area contributed by atoms with E-state index in [0.29, 0.717) is 22.7 Å². The quantitative estimate of drug-likeness (QED) is 0.771. The molecule has 0 saturated carbocycles. The van der Waals surface area contributed by atoms with Crippen LogP contribution in [0.1, 0.15) is 28.4 Å². The van der Waals surface area contributed by atoms with E-state index in [0.717, 1.165) is 5.56 Å². The van der Waals surface area contributed by atoms with Gasteiger partial charge in [-0.15, -0.1) is 0 Å². The Balaban J connectivity index is 1.69. The predicted molar refractivity (Wildman–Crippen MR) is 102 cm³/mol. The molecule has 2 atom stereocenters. The number of carbonyl (C=O) groups excluding carboxylic acids is 2. The number of hydrazine groups is 1. The summed E-state index contributed by atoms with van der Waals surface area (Å²) in [5.74, 6) is -0.351. The van der Waals surface area contributed by atoms with Gasteiger partial charge in [-0.1, -0.05) is 35.9 Å². The van der Waals surface area contributed by atoms with E-state index >= 15 is 0 Å². The van der Waals surface area contributed by atoms with E-state index in [1.54, 1.807) is 38.4 Å². The van der Waals surface area contributed by atoms with E-state index < -0.39 is 6.04 Å². The van der Waals surface area contributed by atoms with Crippen LogP contribution in [-0.2, 0) is 4.79 Å². The Kier molecular flexibility index (Phi) is 5.56. The van der Waals surface area contributed by atoms with E-state index in [4.69, 9.17) is 11.6 Å². The lowest BCUT2D eigenvalue weighted by Gasteiger charge is -2.16. The molecule has 1 aliphatic rings. The van der Waals surface area contributed by atoms with E-state index in [1.807, 2.05) is 24.3 Å². The number of rotatable bonds is 4. The number of benzene rings is 2. The summed E-state index contributed by atoms with van der Waals surface area (Å²) in [5, 5.41) is 3.52. The molecular weight excluding hydrogens is 352 g/mol. The number of hydrogen-bond donors (Lipinski definition) is 3. The average Bonchev–Trinajstić information content (AvgIpc) is 3.12. The lowest BCUT2D eigenvalue weighted by atomic mass is 10.0. The minimum atomic E-state index is -0.415. The van der Waals surface area contributed by atoms with Crippen LogP contribution >= 0.6 is 11.6 Å². The van der Waals surface area contributed by atoms with Gasteiger partial charge in [-0.05, 0) is 36.2 Å². The van der Waals surface area contributed by atoms with Crippen LogP contribution in [0.5, 0.6) is 0 Å². The van der Waals surface area contributed by atoms with E-state index in [2.05, 4.69) is 16.2 Å². The molecule has 1 aliphatic heterocycles. The number of amides is 2. The Morgan fingerprint density at radius 3 is 2.62 bits per heavy atom. The maximum absolute atomic E-state index is 12.6. The van der Waals surface area contributed by atoms with Gasteiger partial charge in [0.2, 0.25) is 5.91 Å². The largest absolute Gasteiger partial charge is 0.345 e. The van der Waals surface area contributed by atoms with Gasteiger partial charge in [-0.3, -0.25) is 9.59 Å². The number of carbonyl (C=O) groups is 2. The van der Waals surface area contributed by atoms with Gasteiger partial charge in [0.05, 0.1) is 11.3 Å². The summed E-state index contributed by atoms with van der Waals surface area (Å²) in [7, 11) is 3.36. The van der Waals surface area contributed by atoms with Crippen molar-refractivity contribution in [1.82, 2.24) is 15.8 Å². The van der Waals surface area contributed by atoms with Crippen molar-refractivity contribution in [3.63, 3.8) is 0 Å². The monoisotopic (exact) mass is 372 g/mol. The first-order valence-electron chi connectivity index (χ1n) is 8.34. The molecule has 1 saturated heterocycles. The van der Waals surface area contributed by atoms with Crippen molar-refractivity contribution in [3.8, 4) is 0 Å². The maximum Gasteiger partial charge on any atom is 0.255 e. The zero-order valence-corrected chi connectivity index (χ0v) is 15.4. The third-order valence-electron chi connectivity index (χ3n) is 4.29. The van der Waals surface area contributed by atoms with Gasteiger partial charge < -0.3 is 10.2 Å². The molecule has 0 aliphatic carbocycles. The SMILES string of the molecule is CN(C)C(=O)c1ccccc1NC(=O)C1CC(c2cccc(Cl)c2)NN1. The molecule has 136 valence electrons. The van der Waals surface area contributed by atoms with Gasteiger partial charge in [0, 0.05) is 25.2 Å². The van der Waals surface area contributed by atoms with Crippen molar-refractivity contribution < 1.29 is 9.59 Å². The molecular formula is C19H21ClN4O2. The van der Waals surface area contributed by atoms with Crippen LogP contribution < -0.4 is 16.2 Å². The number of nitrogens with zero attached hydrogens (tertiary/aromatic N) is 1. The van der Waals surface area contributed by atoms with E-state index in [-0.39, 0.29) is 17.9 Å². The minimum Gasteiger partial charge on any atom is -0.345 e. The number of para-hydroxylation sites is 1. The van der Waals surface area contributed by atoms with Crippen LogP contribution in [0, 0.1) is 0 Å². The number of halogens is 1. The second-order valence-electron chi connectivity index (χ2n) is 6.42. The van der Waals surface area contributed by atoms with Gasteiger partial charge in [0.1, 0.15) is 6.04 Å². The highest BCUT2D eigenvalue weighted by atomic mass is 35.5. The van der Waals surface area contributed by atoms with Crippen molar-refractivity contribution in [2.45, 2.75) is 18.5 Å². The highest BCUT2D eigenvalue weighted by molar-refractivity contribution is 6.30. The van der Waals surface area contributed by atoms with Crippen LogP contribution in [-0.4, -0.2) is 36.9 Å². The smallest absolute Gasteiger partial charge is 0.255 e. The fourth-order valence-corrected chi connectivity index (χ4v) is 3.11. The molecule has 6 nitrogen and oxygen atoms in total. The minimum absolute atomic E-state index is 0.0110. The van der Waals surface area contributed by atoms with Crippen LogP contribution in [0.25, 0.3) is 0 Å². The Morgan fingerprint density at radius 2 is 1.88 bits per heavy atom. The molecule has 0 spiro atoms. The summed E-state index contributed by atoms with van der Waals surface area (Å²) in [4.78, 5) is 26.4. The summed E-state index contributed by atoms with van der Waals surface area (Å²) in [6.45, 7) is 0. The molecule has 0 bridgehead atoms. The highest BCUT2D eigenvalue weighted by Gasteiger charge is 2.30. The van der Waals surface area contributed by atoms with Gasteiger partial charge in [0.15, 0.2) is 0 Å². The summed E-state index contributed by atoms with van der Waals surface area (Å²) >= 11 is 6.04. The second-order valence-corrected chi connectivity index (χ2v) is 6.86. The first-order chi connectivity index (χ1) is 12.5. The van der Waals surface area contributed by atoms with Crippen LogP contribution in [0.2, 0.25) is 5.02 Å². The molecule has 2 amide bonds. The highest BCUT2D eigenvalue weighted by Crippen LogP contribution is 2.25. The molecule has 26 heavy (non-hydrogen) atoms. The molecule has 1 heterocycles. The number of anilines is 1. The lowest BCUT2D eigenvalue weighted by Crippen LogP contribution is -2.40. The summed E-state index contributed by atoms with van der Waals surface area (Å²) in [6, 6.07) is 14.1. The Bertz CT molecular complexity index is 825. The number of hydrogen-bond acceptors (Lipinski definition) is 4. The fourth-order valence-electron chi connectivity index (χ4n) is 2.91. The van der Waals surface area contributed by atoms with Crippen molar-refractivity contribution in [2.75, 3.05) is 19.4 Å². The zero-order valence-electron chi connectivity index (χ0n) is 14.6. The third-order valence-corrected chi connectivity index (χ3v) is 4.53. The van der Waals surface area contributed by atoms with Crippen LogP contribution in [0.15, 0.2) is 48.5 Å². The lowest BCUT2D eigenvalue weighted by molar-refractivity contribution is -0.117. The van der Waals surface area contributed by atoms with Crippen molar-refractivity contribution in [3.05, 3.63) is 64.7 Å². The second kappa shape index (κ2) is 7.86. The Labute approximate surface area is 157 Å². The van der Waals surface area contributed by atoms with E-state index in [9.17, 15) is 9.59 Å². The first kappa shape index (κ1) is 18.4. The first-order valence-corrected chi connectivity index (χ1v) is 8.71. The summed E-state index contributed by atoms with van der Waals surface area (Å²) in [6.07, 6.45) is 0.579. The van der Waals surface area contributed by atoms with E-state index in [1.165, 1.54) is 4.90 Å².